The zero-order valence-corrected chi connectivity index (χ0v) is 13.7. The quantitative estimate of drug-likeness (QED) is 0.639. The third-order valence-corrected chi connectivity index (χ3v) is 3.65. The van der Waals surface area contributed by atoms with Crippen molar-refractivity contribution in [1.29, 1.82) is 0 Å². The van der Waals surface area contributed by atoms with Crippen molar-refractivity contribution in [2.45, 2.75) is 6.92 Å². The molecule has 0 N–H and O–H groups in total. The third-order valence-electron chi connectivity index (χ3n) is 3.65. The Balaban J connectivity index is 1.98. The molecule has 5 heteroatoms. The highest BCUT2D eigenvalue weighted by atomic mass is 16.6. The van der Waals surface area contributed by atoms with E-state index in [1.54, 1.807) is 38.5 Å². The molecule has 0 saturated heterocycles. The Morgan fingerprint density at radius 3 is 2.46 bits per heavy atom. The van der Waals surface area contributed by atoms with Crippen molar-refractivity contribution in [1.82, 2.24) is 0 Å². The van der Waals surface area contributed by atoms with Crippen molar-refractivity contribution >= 4 is 17.9 Å². The van der Waals surface area contributed by atoms with Crippen LogP contribution in [0.15, 0.2) is 53.2 Å². The molecule has 3 rings (SSSR count). The number of aliphatic imine (C=N–C) groups is 1. The fourth-order valence-electron chi connectivity index (χ4n) is 2.33. The fourth-order valence-corrected chi connectivity index (χ4v) is 2.33. The molecule has 5 nitrogen and oxygen atoms in total. The summed E-state index contributed by atoms with van der Waals surface area (Å²) in [4.78, 5) is 16.4. The van der Waals surface area contributed by atoms with Gasteiger partial charge in [-0.2, -0.15) is 0 Å². The number of methoxy groups -OCH3 is 2. The van der Waals surface area contributed by atoms with Crippen molar-refractivity contribution in [2.75, 3.05) is 14.2 Å². The largest absolute Gasteiger partial charge is 0.497 e. The second-order valence-corrected chi connectivity index (χ2v) is 5.31. The van der Waals surface area contributed by atoms with E-state index in [1.807, 2.05) is 31.2 Å². The maximum absolute atomic E-state index is 12.1. The standard InChI is InChI=1S/C19H17NO4/c1-12-4-6-13(7-5-12)18-20-16(19(21)24-18)11-14-10-15(22-2)8-9-17(14)23-3/h4-11H,1-3H3. The van der Waals surface area contributed by atoms with Gasteiger partial charge >= 0.3 is 5.97 Å². The molecule has 0 amide bonds. The number of ether oxygens (including phenoxy) is 3. The van der Waals surface area contributed by atoms with Gasteiger partial charge in [-0.1, -0.05) is 17.7 Å². The summed E-state index contributed by atoms with van der Waals surface area (Å²) in [6, 6.07) is 13.0. The molecule has 0 bridgehead atoms. The van der Waals surface area contributed by atoms with Crippen molar-refractivity contribution in [2.24, 2.45) is 4.99 Å². The first kappa shape index (κ1) is 15.8. The minimum Gasteiger partial charge on any atom is -0.497 e. The molecule has 122 valence electrons. The van der Waals surface area contributed by atoms with Crippen LogP contribution in [0, 0.1) is 6.92 Å². The number of aryl methyl sites for hydroxylation is 1. The highest BCUT2D eigenvalue weighted by molar-refractivity contribution is 6.13. The first-order chi connectivity index (χ1) is 11.6. The van der Waals surface area contributed by atoms with Crippen LogP contribution in [0.25, 0.3) is 6.08 Å². The van der Waals surface area contributed by atoms with Gasteiger partial charge in [0.25, 0.3) is 0 Å². The minimum atomic E-state index is -0.490. The Bertz CT molecular complexity index is 835. The maximum Gasteiger partial charge on any atom is 0.363 e. The molecule has 1 aliphatic heterocycles. The predicted molar refractivity (Wildman–Crippen MR) is 91.3 cm³/mol. The molecular weight excluding hydrogens is 306 g/mol. The van der Waals surface area contributed by atoms with Crippen LogP contribution in [0.3, 0.4) is 0 Å². The summed E-state index contributed by atoms with van der Waals surface area (Å²) >= 11 is 0. The maximum atomic E-state index is 12.1. The average molecular weight is 323 g/mol. The first-order valence-corrected chi connectivity index (χ1v) is 7.42. The van der Waals surface area contributed by atoms with E-state index < -0.39 is 5.97 Å². The number of cyclic esters (lactones) is 1. The van der Waals surface area contributed by atoms with E-state index in [0.717, 1.165) is 11.1 Å². The monoisotopic (exact) mass is 323 g/mol. The number of hydrogen-bond acceptors (Lipinski definition) is 5. The van der Waals surface area contributed by atoms with E-state index >= 15 is 0 Å². The fraction of sp³-hybridized carbons (Fsp3) is 0.158. The van der Waals surface area contributed by atoms with Crippen molar-refractivity contribution < 1.29 is 19.0 Å². The highest BCUT2D eigenvalue weighted by Crippen LogP contribution is 2.28. The van der Waals surface area contributed by atoms with Crippen LogP contribution >= 0.6 is 0 Å². The molecule has 0 unspecified atom stereocenters. The molecule has 0 aromatic heterocycles. The van der Waals surface area contributed by atoms with E-state index in [9.17, 15) is 4.79 Å². The molecule has 24 heavy (non-hydrogen) atoms. The number of carbonyl (C=O) groups is 1. The molecule has 0 spiro atoms. The van der Waals surface area contributed by atoms with Gasteiger partial charge in [-0.3, -0.25) is 0 Å². The molecule has 0 aliphatic carbocycles. The third kappa shape index (κ3) is 3.15. The zero-order valence-electron chi connectivity index (χ0n) is 13.7. The average Bonchev–Trinajstić information content (AvgIpc) is 2.96. The summed E-state index contributed by atoms with van der Waals surface area (Å²) in [5, 5.41) is 0. The second kappa shape index (κ2) is 6.58. The number of hydrogen-bond donors (Lipinski definition) is 0. The van der Waals surface area contributed by atoms with E-state index in [0.29, 0.717) is 23.0 Å². The molecule has 1 heterocycles. The molecule has 0 fully saturated rings. The van der Waals surface area contributed by atoms with Crippen LogP contribution < -0.4 is 9.47 Å². The summed E-state index contributed by atoms with van der Waals surface area (Å²) in [7, 11) is 3.15. The van der Waals surface area contributed by atoms with Gasteiger partial charge in [0.2, 0.25) is 5.90 Å². The summed E-state index contributed by atoms with van der Waals surface area (Å²) in [6.45, 7) is 1.99. The van der Waals surface area contributed by atoms with Crippen LogP contribution in [0.4, 0.5) is 0 Å². The van der Waals surface area contributed by atoms with E-state index in [2.05, 4.69) is 4.99 Å². The zero-order chi connectivity index (χ0) is 17.1. The Morgan fingerprint density at radius 2 is 1.79 bits per heavy atom. The van der Waals surface area contributed by atoms with Crippen LogP contribution in [0.5, 0.6) is 11.5 Å². The van der Waals surface area contributed by atoms with E-state index in [1.165, 1.54) is 0 Å². The van der Waals surface area contributed by atoms with Crippen molar-refractivity contribution in [3.05, 3.63) is 64.9 Å². The number of benzene rings is 2. The summed E-state index contributed by atoms with van der Waals surface area (Å²) in [5.41, 5.74) is 2.80. The smallest absolute Gasteiger partial charge is 0.363 e. The number of nitrogens with zero attached hydrogens (tertiary/aromatic N) is 1. The van der Waals surface area contributed by atoms with E-state index in [-0.39, 0.29) is 5.70 Å². The molecule has 0 saturated carbocycles. The van der Waals surface area contributed by atoms with Crippen LogP contribution in [-0.4, -0.2) is 26.1 Å². The lowest BCUT2D eigenvalue weighted by Crippen LogP contribution is -2.05. The lowest BCUT2D eigenvalue weighted by atomic mass is 10.1. The Morgan fingerprint density at radius 1 is 1.04 bits per heavy atom. The van der Waals surface area contributed by atoms with Gasteiger partial charge in [0, 0.05) is 11.1 Å². The predicted octanol–water partition coefficient (Wildman–Crippen LogP) is 3.36. The van der Waals surface area contributed by atoms with Crippen molar-refractivity contribution in [3.63, 3.8) is 0 Å². The molecule has 2 aromatic carbocycles. The Labute approximate surface area is 140 Å². The van der Waals surface area contributed by atoms with Crippen LogP contribution in [0.1, 0.15) is 16.7 Å². The van der Waals surface area contributed by atoms with Crippen LogP contribution in [0.2, 0.25) is 0 Å². The van der Waals surface area contributed by atoms with Gasteiger partial charge in [0.05, 0.1) is 14.2 Å². The molecular formula is C19H17NO4. The first-order valence-electron chi connectivity index (χ1n) is 7.42. The molecule has 0 radical (unpaired) electrons. The second-order valence-electron chi connectivity index (χ2n) is 5.31. The van der Waals surface area contributed by atoms with Crippen molar-refractivity contribution in [3.8, 4) is 11.5 Å². The number of rotatable bonds is 4. The summed E-state index contributed by atoms with van der Waals surface area (Å²) in [5.74, 6) is 1.09. The SMILES string of the molecule is COc1ccc(OC)c(C=C2N=C(c3ccc(C)cc3)OC2=O)c1. The van der Waals surface area contributed by atoms with Gasteiger partial charge in [0.1, 0.15) is 11.5 Å². The topological polar surface area (TPSA) is 57.1 Å². The number of carbonyl (C=O) groups excluding carboxylic acids is 1. The highest BCUT2D eigenvalue weighted by Gasteiger charge is 2.24. The summed E-state index contributed by atoms with van der Waals surface area (Å²) in [6.07, 6.45) is 1.63. The van der Waals surface area contributed by atoms with Gasteiger partial charge in [0.15, 0.2) is 5.70 Å². The minimum absolute atomic E-state index is 0.220. The van der Waals surface area contributed by atoms with Gasteiger partial charge in [-0.25, -0.2) is 9.79 Å². The summed E-state index contributed by atoms with van der Waals surface area (Å²) < 4.78 is 15.8. The van der Waals surface area contributed by atoms with Gasteiger partial charge in [-0.05, 0) is 43.3 Å². The van der Waals surface area contributed by atoms with Gasteiger partial charge in [-0.15, -0.1) is 0 Å². The number of esters is 1. The lowest BCUT2D eigenvalue weighted by molar-refractivity contribution is -0.129. The lowest BCUT2D eigenvalue weighted by Gasteiger charge is -2.07. The molecule has 1 aliphatic rings. The molecule has 2 aromatic rings. The van der Waals surface area contributed by atoms with Crippen LogP contribution in [-0.2, 0) is 9.53 Å². The normalized spacial score (nSPS) is 15.2. The van der Waals surface area contributed by atoms with Gasteiger partial charge < -0.3 is 14.2 Å². The Hall–Kier alpha value is -3.08. The molecule has 0 atom stereocenters. The Kier molecular flexibility index (Phi) is 4.33. The van der Waals surface area contributed by atoms with E-state index in [4.69, 9.17) is 14.2 Å².